The molecule has 0 saturated heterocycles. The van der Waals surface area contributed by atoms with Crippen LogP contribution >= 0.6 is 39.1 Å². The predicted octanol–water partition coefficient (Wildman–Crippen LogP) is 4.47. The third-order valence-corrected chi connectivity index (χ3v) is 7.24. The van der Waals surface area contributed by atoms with Gasteiger partial charge in [-0.15, -0.1) is 0 Å². The zero-order valence-corrected chi connectivity index (χ0v) is 22.4. The molecule has 180 valence electrons. The summed E-state index contributed by atoms with van der Waals surface area (Å²) in [5.74, 6) is -0.903. The molecule has 0 fully saturated rings. The summed E-state index contributed by atoms with van der Waals surface area (Å²) in [4.78, 5) is 27.6. The maximum absolute atomic E-state index is 13.5. The number of halogens is 3. The monoisotopic (exact) mass is 577 g/mol. The van der Waals surface area contributed by atoms with E-state index < -0.39 is 28.5 Å². The average molecular weight is 579 g/mol. The predicted molar refractivity (Wildman–Crippen MR) is 136 cm³/mol. The fourth-order valence-electron chi connectivity index (χ4n) is 3.31. The Morgan fingerprint density at radius 3 is 2.21 bits per heavy atom. The van der Waals surface area contributed by atoms with Gasteiger partial charge >= 0.3 is 0 Å². The summed E-state index contributed by atoms with van der Waals surface area (Å²) in [5.41, 5.74) is 0.798. The van der Waals surface area contributed by atoms with Crippen LogP contribution in [0.1, 0.15) is 25.8 Å². The van der Waals surface area contributed by atoms with Gasteiger partial charge in [-0.25, -0.2) is 8.42 Å². The van der Waals surface area contributed by atoms with Gasteiger partial charge < -0.3 is 10.2 Å². The summed E-state index contributed by atoms with van der Waals surface area (Å²) in [6.07, 6.45) is 1.34. The quantitative estimate of drug-likeness (QED) is 0.451. The maximum atomic E-state index is 13.5. The minimum atomic E-state index is -3.80. The summed E-state index contributed by atoms with van der Waals surface area (Å²) in [6.45, 7) is 3.39. The summed E-state index contributed by atoms with van der Waals surface area (Å²) < 4.78 is 26.8. The van der Waals surface area contributed by atoms with Crippen LogP contribution < -0.4 is 9.62 Å². The fraction of sp³-hybridized carbons (Fsp3) is 0.364. The van der Waals surface area contributed by atoms with Crippen molar-refractivity contribution in [2.24, 2.45) is 0 Å². The molecule has 0 unspecified atom stereocenters. The van der Waals surface area contributed by atoms with Crippen molar-refractivity contribution in [1.29, 1.82) is 0 Å². The van der Waals surface area contributed by atoms with E-state index in [1.165, 1.54) is 4.90 Å². The van der Waals surface area contributed by atoms with E-state index in [0.717, 1.165) is 10.6 Å². The molecular formula is C22H26BrCl2N3O4S. The molecule has 0 spiro atoms. The molecule has 2 aromatic rings. The van der Waals surface area contributed by atoms with Crippen molar-refractivity contribution in [3.05, 3.63) is 62.5 Å². The van der Waals surface area contributed by atoms with E-state index in [2.05, 4.69) is 21.2 Å². The van der Waals surface area contributed by atoms with Crippen LogP contribution in [-0.4, -0.2) is 50.5 Å². The molecule has 2 rings (SSSR count). The van der Waals surface area contributed by atoms with E-state index >= 15 is 0 Å². The Balaban J connectivity index is 2.49. The van der Waals surface area contributed by atoms with Crippen molar-refractivity contribution in [3.63, 3.8) is 0 Å². The molecule has 0 radical (unpaired) electrons. The van der Waals surface area contributed by atoms with Gasteiger partial charge in [-0.3, -0.25) is 13.9 Å². The second-order valence-electron chi connectivity index (χ2n) is 7.29. The number of anilines is 1. The molecule has 2 amide bonds. The standard InChI is InChI=1S/C22H26BrCl2N3O4S/c1-4-20(22(30)26-5-2)27(13-17-18(24)10-7-11-19(17)25)21(29)14-28(33(3,31)32)16-9-6-8-15(23)12-16/h6-12,20H,4-5,13-14H2,1-3H3,(H,26,30)/t20-/m0/s1. The van der Waals surface area contributed by atoms with E-state index in [9.17, 15) is 18.0 Å². The van der Waals surface area contributed by atoms with Crippen molar-refractivity contribution in [1.82, 2.24) is 10.2 Å². The number of hydrogen-bond acceptors (Lipinski definition) is 4. The maximum Gasteiger partial charge on any atom is 0.244 e. The Hall–Kier alpha value is -1.81. The number of rotatable bonds is 10. The van der Waals surface area contributed by atoms with Crippen LogP contribution in [-0.2, 0) is 26.2 Å². The Kier molecular flexibility index (Phi) is 10.0. The van der Waals surface area contributed by atoms with E-state index in [1.54, 1.807) is 56.3 Å². The van der Waals surface area contributed by atoms with Gasteiger partial charge in [-0.1, -0.05) is 58.2 Å². The fourth-order valence-corrected chi connectivity index (χ4v) is 5.06. The topological polar surface area (TPSA) is 86.8 Å². The smallest absolute Gasteiger partial charge is 0.244 e. The molecule has 0 aliphatic rings. The highest BCUT2D eigenvalue weighted by Gasteiger charge is 2.32. The molecule has 0 aromatic heterocycles. The molecule has 0 aliphatic heterocycles. The molecule has 1 atom stereocenters. The number of nitrogens with one attached hydrogen (secondary N) is 1. The van der Waals surface area contributed by atoms with Crippen molar-refractivity contribution < 1.29 is 18.0 Å². The number of hydrogen-bond donors (Lipinski definition) is 1. The molecular weight excluding hydrogens is 553 g/mol. The van der Waals surface area contributed by atoms with Crippen LogP contribution in [0.2, 0.25) is 10.0 Å². The van der Waals surface area contributed by atoms with Gasteiger partial charge in [0.2, 0.25) is 21.8 Å². The van der Waals surface area contributed by atoms with Crippen LogP contribution in [0.25, 0.3) is 0 Å². The molecule has 0 heterocycles. The highest BCUT2D eigenvalue weighted by atomic mass is 79.9. The number of sulfonamides is 1. The van der Waals surface area contributed by atoms with Gasteiger partial charge in [0.15, 0.2) is 0 Å². The van der Waals surface area contributed by atoms with Crippen molar-refractivity contribution >= 4 is 66.7 Å². The van der Waals surface area contributed by atoms with Gasteiger partial charge in [-0.2, -0.15) is 0 Å². The Morgan fingerprint density at radius 2 is 1.70 bits per heavy atom. The molecule has 7 nitrogen and oxygen atoms in total. The minimum absolute atomic E-state index is 0.0525. The highest BCUT2D eigenvalue weighted by molar-refractivity contribution is 9.10. The molecule has 33 heavy (non-hydrogen) atoms. The van der Waals surface area contributed by atoms with E-state index in [-0.39, 0.29) is 12.5 Å². The summed E-state index contributed by atoms with van der Waals surface area (Å²) >= 11 is 16.0. The van der Waals surface area contributed by atoms with Crippen LogP contribution in [0, 0.1) is 0 Å². The number of amides is 2. The third-order valence-electron chi connectivity index (χ3n) is 4.90. The van der Waals surface area contributed by atoms with Crippen molar-refractivity contribution in [2.75, 3.05) is 23.7 Å². The van der Waals surface area contributed by atoms with Gasteiger partial charge in [0, 0.05) is 33.2 Å². The van der Waals surface area contributed by atoms with Crippen molar-refractivity contribution in [3.8, 4) is 0 Å². The van der Waals surface area contributed by atoms with Gasteiger partial charge in [-0.05, 0) is 43.7 Å². The third kappa shape index (κ3) is 7.34. The lowest BCUT2D eigenvalue weighted by molar-refractivity contribution is -0.140. The Bertz CT molecular complexity index is 1090. The van der Waals surface area contributed by atoms with Gasteiger partial charge in [0.05, 0.1) is 11.9 Å². The van der Waals surface area contributed by atoms with Crippen LogP contribution in [0.4, 0.5) is 5.69 Å². The molecule has 2 aromatic carbocycles. The highest BCUT2D eigenvalue weighted by Crippen LogP contribution is 2.28. The largest absolute Gasteiger partial charge is 0.355 e. The normalized spacial score (nSPS) is 12.2. The van der Waals surface area contributed by atoms with Crippen molar-refractivity contribution in [2.45, 2.75) is 32.9 Å². The first-order valence-corrected chi connectivity index (χ1v) is 13.6. The number of carbonyl (C=O) groups excluding carboxylic acids is 2. The number of benzene rings is 2. The zero-order chi connectivity index (χ0) is 24.8. The molecule has 0 saturated carbocycles. The zero-order valence-electron chi connectivity index (χ0n) is 18.5. The number of carbonyl (C=O) groups is 2. The lowest BCUT2D eigenvalue weighted by Crippen LogP contribution is -2.52. The SMILES string of the molecule is CCNC(=O)[C@H](CC)N(Cc1c(Cl)cccc1Cl)C(=O)CN(c1cccc(Br)c1)S(C)(=O)=O. The second kappa shape index (κ2) is 12.1. The van der Waals surface area contributed by atoms with E-state index in [0.29, 0.717) is 38.7 Å². The Morgan fingerprint density at radius 1 is 1.09 bits per heavy atom. The molecule has 11 heteroatoms. The van der Waals surface area contributed by atoms with E-state index in [1.807, 2.05) is 0 Å². The number of nitrogens with zero attached hydrogens (tertiary/aromatic N) is 2. The molecule has 0 aliphatic carbocycles. The minimum Gasteiger partial charge on any atom is -0.355 e. The lowest BCUT2D eigenvalue weighted by atomic mass is 10.1. The average Bonchev–Trinajstić information content (AvgIpc) is 2.73. The summed E-state index contributed by atoms with van der Waals surface area (Å²) in [6, 6.07) is 10.7. The van der Waals surface area contributed by atoms with Gasteiger partial charge in [0.25, 0.3) is 0 Å². The van der Waals surface area contributed by atoms with Gasteiger partial charge in [0.1, 0.15) is 12.6 Å². The number of likely N-dealkylation sites (N-methyl/N-ethyl adjacent to an activating group) is 1. The Labute approximate surface area is 213 Å². The second-order valence-corrected chi connectivity index (χ2v) is 10.9. The molecule has 0 bridgehead atoms. The molecule has 1 N–H and O–H groups in total. The van der Waals surface area contributed by atoms with Crippen LogP contribution in [0.5, 0.6) is 0 Å². The first-order chi connectivity index (χ1) is 15.5. The first kappa shape index (κ1) is 27.4. The first-order valence-electron chi connectivity index (χ1n) is 10.2. The van der Waals surface area contributed by atoms with Crippen LogP contribution in [0.3, 0.4) is 0 Å². The summed E-state index contributed by atoms with van der Waals surface area (Å²) in [5, 5.41) is 3.42. The van der Waals surface area contributed by atoms with Crippen LogP contribution in [0.15, 0.2) is 46.9 Å². The van der Waals surface area contributed by atoms with E-state index in [4.69, 9.17) is 23.2 Å². The lowest BCUT2D eigenvalue weighted by Gasteiger charge is -2.33. The summed E-state index contributed by atoms with van der Waals surface area (Å²) in [7, 11) is -3.80.